The highest BCUT2D eigenvalue weighted by Gasteiger charge is 2.24. The van der Waals surface area contributed by atoms with E-state index in [1.165, 1.54) is 23.5 Å². The molecule has 1 unspecified atom stereocenters. The van der Waals surface area contributed by atoms with Crippen molar-refractivity contribution in [1.29, 1.82) is 0 Å². The van der Waals surface area contributed by atoms with Crippen LogP contribution in [0.4, 0.5) is 4.39 Å². The molecule has 1 N–H and O–H groups in total. The van der Waals surface area contributed by atoms with Crippen LogP contribution in [0.2, 0.25) is 0 Å². The van der Waals surface area contributed by atoms with Gasteiger partial charge in [-0.25, -0.2) is 4.39 Å². The molecule has 21 heavy (non-hydrogen) atoms. The van der Waals surface area contributed by atoms with Crippen molar-refractivity contribution in [1.82, 2.24) is 5.32 Å². The van der Waals surface area contributed by atoms with Gasteiger partial charge in [0.05, 0.1) is 19.2 Å². The molecule has 2 nitrogen and oxygen atoms in total. The van der Waals surface area contributed by atoms with E-state index in [2.05, 4.69) is 37.2 Å². The Morgan fingerprint density at radius 2 is 2.14 bits per heavy atom. The number of nitrogens with one attached hydrogen (secondary N) is 1. The molecule has 1 atom stereocenters. The van der Waals surface area contributed by atoms with Gasteiger partial charge in [-0.2, -0.15) is 0 Å². The number of rotatable bonds is 2. The van der Waals surface area contributed by atoms with Crippen LogP contribution < -0.4 is 5.32 Å². The van der Waals surface area contributed by atoms with E-state index >= 15 is 0 Å². The van der Waals surface area contributed by atoms with Crippen LogP contribution in [0.3, 0.4) is 0 Å². The first-order valence-corrected chi connectivity index (χ1v) is 9.61. The van der Waals surface area contributed by atoms with Crippen molar-refractivity contribution in [2.75, 3.05) is 5.75 Å². The first kappa shape index (κ1) is 15.5. The first-order chi connectivity index (χ1) is 10.0. The smallest absolute Gasteiger partial charge is 0.253 e. The van der Waals surface area contributed by atoms with E-state index in [1.807, 2.05) is 0 Å². The number of carbonyl (C=O) groups is 1. The van der Waals surface area contributed by atoms with E-state index in [-0.39, 0.29) is 17.8 Å². The molecule has 3 rings (SSSR count). The van der Waals surface area contributed by atoms with E-state index in [9.17, 15) is 9.18 Å². The molecule has 1 aromatic heterocycles. The summed E-state index contributed by atoms with van der Waals surface area (Å²) < 4.78 is 15.1. The molecular weight excluding hydrogens is 441 g/mol. The van der Waals surface area contributed by atoms with E-state index in [1.54, 1.807) is 23.9 Å². The highest BCUT2D eigenvalue weighted by atomic mass is 79.9. The van der Waals surface area contributed by atoms with Crippen LogP contribution in [-0.2, 0) is 0 Å². The Morgan fingerprint density at radius 1 is 1.33 bits per heavy atom. The molecule has 2 heterocycles. The number of hydrogen-bond acceptors (Lipinski definition) is 3. The summed E-state index contributed by atoms with van der Waals surface area (Å²) in [5.74, 6) is 0.504. The Labute approximate surface area is 146 Å². The third-order valence-electron chi connectivity index (χ3n) is 3.22. The van der Waals surface area contributed by atoms with E-state index in [0.717, 1.165) is 30.2 Å². The second kappa shape index (κ2) is 6.40. The van der Waals surface area contributed by atoms with Gasteiger partial charge in [0.25, 0.3) is 5.91 Å². The summed E-state index contributed by atoms with van der Waals surface area (Å²) in [5, 5.41) is 3.01. The number of carbonyl (C=O) groups excluding carboxylic acids is 1. The molecule has 1 aromatic carbocycles. The van der Waals surface area contributed by atoms with Crippen LogP contribution in [-0.4, -0.2) is 11.7 Å². The zero-order valence-electron chi connectivity index (χ0n) is 10.7. The molecule has 2 aromatic rings. The molecule has 0 radical (unpaired) electrons. The number of benzene rings is 1. The maximum absolute atomic E-state index is 13.5. The largest absolute Gasteiger partial charge is 0.345 e. The van der Waals surface area contributed by atoms with E-state index in [4.69, 9.17) is 0 Å². The minimum Gasteiger partial charge on any atom is -0.345 e. The molecule has 1 aliphatic heterocycles. The van der Waals surface area contributed by atoms with Gasteiger partial charge in [-0.3, -0.25) is 4.79 Å². The van der Waals surface area contributed by atoms with Gasteiger partial charge in [0.2, 0.25) is 0 Å². The fourth-order valence-corrected chi connectivity index (χ4v) is 6.15. The van der Waals surface area contributed by atoms with Crippen LogP contribution >= 0.6 is 55.0 Å². The van der Waals surface area contributed by atoms with Crippen molar-refractivity contribution in [3.8, 4) is 0 Å². The number of hydrogen-bond donors (Lipinski definition) is 1. The lowest BCUT2D eigenvalue weighted by Crippen LogP contribution is -2.30. The predicted molar refractivity (Wildman–Crippen MR) is 91.7 cm³/mol. The first-order valence-electron chi connectivity index (χ1n) is 6.22. The lowest BCUT2D eigenvalue weighted by molar-refractivity contribution is 0.0934. The van der Waals surface area contributed by atoms with Gasteiger partial charge in [-0.1, -0.05) is 0 Å². The Hall–Kier alpha value is -0.370. The zero-order valence-corrected chi connectivity index (χ0v) is 15.5. The Bertz CT molecular complexity index is 704. The summed E-state index contributed by atoms with van der Waals surface area (Å²) in [6.07, 6.45) is 0.801. The molecule has 0 fully saturated rings. The van der Waals surface area contributed by atoms with Crippen molar-refractivity contribution in [2.24, 2.45) is 0 Å². The fraction of sp³-hybridized carbons (Fsp3) is 0.214. The standard InChI is InChI=1S/C14H10Br2FNOS2/c15-12-6-9(13(16)21-12)14(19)18-10-3-4-20-11-2-1-7(17)5-8(10)11/h1-2,5-6,10H,3-4H2,(H,18,19). The average Bonchev–Trinajstić information content (AvgIpc) is 2.78. The van der Waals surface area contributed by atoms with Crippen LogP contribution in [0, 0.1) is 5.82 Å². The predicted octanol–water partition coefficient (Wildman–Crippen LogP) is 5.38. The molecule has 0 saturated carbocycles. The van der Waals surface area contributed by atoms with Gasteiger partial charge >= 0.3 is 0 Å². The SMILES string of the molecule is O=C(NC1CCSc2ccc(F)cc21)c1cc(Br)sc1Br. The summed E-state index contributed by atoms with van der Waals surface area (Å²) in [6, 6.07) is 6.40. The minimum atomic E-state index is -0.269. The number of thioether (sulfide) groups is 1. The van der Waals surface area contributed by atoms with Crippen molar-refractivity contribution < 1.29 is 9.18 Å². The minimum absolute atomic E-state index is 0.143. The lowest BCUT2D eigenvalue weighted by Gasteiger charge is -2.26. The normalized spacial score (nSPS) is 17.4. The van der Waals surface area contributed by atoms with Gasteiger partial charge in [-0.15, -0.1) is 23.1 Å². The molecular formula is C14H10Br2FNOS2. The second-order valence-corrected chi connectivity index (χ2v) is 9.47. The number of thiophene rings is 1. The van der Waals surface area contributed by atoms with Crippen LogP contribution in [0.15, 0.2) is 36.7 Å². The van der Waals surface area contributed by atoms with Crippen molar-refractivity contribution in [2.45, 2.75) is 17.4 Å². The molecule has 1 aliphatic rings. The molecule has 0 bridgehead atoms. The lowest BCUT2D eigenvalue weighted by atomic mass is 10.0. The fourth-order valence-electron chi connectivity index (χ4n) is 2.25. The third kappa shape index (κ3) is 3.36. The second-order valence-electron chi connectivity index (χ2n) is 4.58. The van der Waals surface area contributed by atoms with Gasteiger partial charge in [0.1, 0.15) is 5.82 Å². The maximum Gasteiger partial charge on any atom is 0.253 e. The molecule has 0 saturated heterocycles. The molecule has 7 heteroatoms. The van der Waals surface area contributed by atoms with Gasteiger partial charge in [0, 0.05) is 10.6 Å². The molecule has 110 valence electrons. The van der Waals surface area contributed by atoms with Gasteiger partial charge < -0.3 is 5.32 Å². The van der Waals surface area contributed by atoms with E-state index < -0.39 is 0 Å². The monoisotopic (exact) mass is 449 g/mol. The topological polar surface area (TPSA) is 29.1 Å². The zero-order chi connectivity index (χ0) is 15.0. The molecule has 1 amide bonds. The Morgan fingerprint density at radius 3 is 2.86 bits per heavy atom. The maximum atomic E-state index is 13.5. The van der Waals surface area contributed by atoms with Crippen LogP contribution in [0.25, 0.3) is 0 Å². The van der Waals surface area contributed by atoms with Crippen molar-refractivity contribution in [3.05, 3.63) is 48.8 Å². The van der Waals surface area contributed by atoms with Crippen LogP contribution in [0.1, 0.15) is 28.4 Å². The van der Waals surface area contributed by atoms with Gasteiger partial charge in [-0.05, 0) is 68.1 Å². The highest BCUT2D eigenvalue weighted by Crippen LogP contribution is 2.37. The summed E-state index contributed by atoms with van der Waals surface area (Å²) in [4.78, 5) is 13.4. The summed E-state index contributed by atoms with van der Waals surface area (Å²) in [7, 11) is 0. The van der Waals surface area contributed by atoms with Crippen molar-refractivity contribution in [3.63, 3.8) is 0 Å². The Kier molecular flexibility index (Phi) is 4.73. The highest BCUT2D eigenvalue weighted by molar-refractivity contribution is 9.12. The summed E-state index contributed by atoms with van der Waals surface area (Å²) in [5.41, 5.74) is 1.47. The van der Waals surface area contributed by atoms with Crippen LogP contribution in [0.5, 0.6) is 0 Å². The third-order valence-corrected chi connectivity index (χ3v) is 6.68. The average molecular weight is 451 g/mol. The summed E-state index contributed by atoms with van der Waals surface area (Å²) in [6.45, 7) is 0. The molecule has 0 spiro atoms. The molecule has 0 aliphatic carbocycles. The van der Waals surface area contributed by atoms with Crippen molar-refractivity contribution >= 4 is 60.9 Å². The van der Waals surface area contributed by atoms with E-state index in [0.29, 0.717) is 5.56 Å². The van der Waals surface area contributed by atoms with Gasteiger partial charge in [0.15, 0.2) is 0 Å². The Balaban J connectivity index is 1.85. The number of amides is 1. The number of fused-ring (bicyclic) bond motifs is 1. The quantitative estimate of drug-likeness (QED) is 0.665. The summed E-state index contributed by atoms with van der Waals surface area (Å²) >= 11 is 9.91. The number of halogens is 3.